The lowest BCUT2D eigenvalue weighted by Gasteiger charge is -2.06. The SMILES string of the molecule is NC(Cc1ccc(=O)n(O)c1)C(=O)O. The molecule has 0 fully saturated rings. The molecule has 1 rings (SSSR count). The number of aliphatic carboxylic acids is 1. The van der Waals surface area contributed by atoms with Crippen molar-refractivity contribution in [2.24, 2.45) is 5.73 Å². The first-order valence-corrected chi connectivity index (χ1v) is 3.90. The highest BCUT2D eigenvalue weighted by molar-refractivity contribution is 5.73. The lowest BCUT2D eigenvalue weighted by Crippen LogP contribution is -2.32. The zero-order chi connectivity index (χ0) is 10.7. The summed E-state index contributed by atoms with van der Waals surface area (Å²) in [6.45, 7) is 0. The highest BCUT2D eigenvalue weighted by Crippen LogP contribution is 1.99. The van der Waals surface area contributed by atoms with E-state index in [0.29, 0.717) is 10.3 Å². The first-order chi connectivity index (χ1) is 6.50. The number of hydrogen-bond acceptors (Lipinski definition) is 4. The van der Waals surface area contributed by atoms with E-state index in [0.717, 1.165) is 12.3 Å². The fourth-order valence-electron chi connectivity index (χ4n) is 0.980. The zero-order valence-electron chi connectivity index (χ0n) is 7.25. The average molecular weight is 198 g/mol. The predicted molar refractivity (Wildman–Crippen MR) is 47.2 cm³/mol. The Morgan fingerprint density at radius 2 is 2.21 bits per heavy atom. The Morgan fingerprint density at radius 3 is 2.71 bits per heavy atom. The maximum Gasteiger partial charge on any atom is 0.320 e. The Bertz CT molecular complexity index is 399. The normalized spacial score (nSPS) is 12.4. The molecule has 1 atom stereocenters. The monoisotopic (exact) mass is 198 g/mol. The van der Waals surface area contributed by atoms with E-state index in [-0.39, 0.29) is 6.42 Å². The molecular formula is C8H10N2O4. The molecule has 14 heavy (non-hydrogen) atoms. The number of carboxylic acids is 1. The van der Waals surface area contributed by atoms with Crippen molar-refractivity contribution in [2.45, 2.75) is 12.5 Å². The molecule has 0 amide bonds. The van der Waals surface area contributed by atoms with E-state index in [1.807, 2.05) is 0 Å². The van der Waals surface area contributed by atoms with Crippen LogP contribution in [0.4, 0.5) is 0 Å². The fraction of sp³-hybridized carbons (Fsp3) is 0.250. The molecule has 0 bridgehead atoms. The van der Waals surface area contributed by atoms with Crippen LogP contribution in [0.1, 0.15) is 5.56 Å². The third-order valence-corrected chi connectivity index (χ3v) is 1.73. The molecule has 6 nitrogen and oxygen atoms in total. The first-order valence-electron chi connectivity index (χ1n) is 3.90. The molecule has 1 aromatic rings. The van der Waals surface area contributed by atoms with E-state index in [2.05, 4.69) is 0 Å². The van der Waals surface area contributed by atoms with Gasteiger partial charge in [-0.2, -0.15) is 4.73 Å². The summed E-state index contributed by atoms with van der Waals surface area (Å²) in [5.41, 5.74) is 5.18. The Kier molecular flexibility index (Phi) is 2.88. The quantitative estimate of drug-likeness (QED) is 0.542. The maximum atomic E-state index is 10.8. The van der Waals surface area contributed by atoms with Crippen LogP contribution in [0.15, 0.2) is 23.1 Å². The molecule has 0 aliphatic rings. The van der Waals surface area contributed by atoms with Gasteiger partial charge in [-0.1, -0.05) is 6.07 Å². The van der Waals surface area contributed by atoms with Crippen LogP contribution in [-0.4, -0.2) is 27.1 Å². The third-order valence-electron chi connectivity index (χ3n) is 1.73. The van der Waals surface area contributed by atoms with E-state index in [9.17, 15) is 9.59 Å². The van der Waals surface area contributed by atoms with Gasteiger partial charge in [-0.25, -0.2) is 0 Å². The number of carboxylic acid groups (broad SMARTS) is 1. The molecule has 0 saturated heterocycles. The summed E-state index contributed by atoms with van der Waals surface area (Å²) in [6, 6.07) is 1.54. The van der Waals surface area contributed by atoms with Gasteiger partial charge >= 0.3 is 5.97 Å². The Labute approximate surface area is 79.2 Å². The minimum absolute atomic E-state index is 0.0656. The van der Waals surface area contributed by atoms with E-state index < -0.39 is 17.6 Å². The number of hydrogen-bond donors (Lipinski definition) is 3. The van der Waals surface area contributed by atoms with Crippen molar-refractivity contribution in [1.29, 1.82) is 0 Å². The molecule has 6 heteroatoms. The number of aromatic nitrogens is 1. The van der Waals surface area contributed by atoms with Crippen molar-refractivity contribution >= 4 is 5.97 Å². The second-order valence-electron chi connectivity index (χ2n) is 2.87. The van der Waals surface area contributed by atoms with Crippen LogP contribution in [0.25, 0.3) is 0 Å². The van der Waals surface area contributed by atoms with Crippen molar-refractivity contribution in [1.82, 2.24) is 4.73 Å². The average Bonchev–Trinajstić information content (AvgIpc) is 2.11. The van der Waals surface area contributed by atoms with Crippen LogP contribution in [0.3, 0.4) is 0 Å². The van der Waals surface area contributed by atoms with Crippen LogP contribution in [0.2, 0.25) is 0 Å². The Balaban J connectivity index is 2.83. The van der Waals surface area contributed by atoms with E-state index in [1.165, 1.54) is 6.07 Å². The summed E-state index contributed by atoms with van der Waals surface area (Å²) in [5.74, 6) is -1.12. The lowest BCUT2D eigenvalue weighted by atomic mass is 10.1. The molecule has 0 aliphatic heterocycles. The molecule has 0 aliphatic carbocycles. The van der Waals surface area contributed by atoms with Crippen molar-refractivity contribution in [2.75, 3.05) is 0 Å². The standard InChI is InChI=1S/C8H10N2O4/c9-6(8(12)13)3-5-1-2-7(11)10(14)4-5/h1-2,4,6,14H,3,9H2,(H,12,13). The summed E-state index contributed by atoms with van der Waals surface area (Å²) < 4.78 is 0.393. The van der Waals surface area contributed by atoms with E-state index in [1.54, 1.807) is 0 Å². The van der Waals surface area contributed by atoms with Crippen molar-refractivity contribution in [3.8, 4) is 0 Å². The number of rotatable bonds is 3. The summed E-state index contributed by atoms with van der Waals surface area (Å²) >= 11 is 0. The molecule has 1 aromatic heterocycles. The van der Waals surface area contributed by atoms with Crippen molar-refractivity contribution in [3.05, 3.63) is 34.2 Å². The van der Waals surface area contributed by atoms with E-state index >= 15 is 0 Å². The summed E-state index contributed by atoms with van der Waals surface area (Å²) in [6.07, 6.45) is 1.21. The number of nitrogens with two attached hydrogens (primary N) is 1. The lowest BCUT2D eigenvalue weighted by molar-refractivity contribution is -0.138. The van der Waals surface area contributed by atoms with Crippen LogP contribution in [0, 0.1) is 0 Å². The van der Waals surface area contributed by atoms with Gasteiger partial charge in [-0.3, -0.25) is 9.59 Å². The largest absolute Gasteiger partial charge is 0.480 e. The van der Waals surface area contributed by atoms with Crippen LogP contribution in [0.5, 0.6) is 0 Å². The van der Waals surface area contributed by atoms with Gasteiger partial charge in [0, 0.05) is 6.07 Å². The first kappa shape index (κ1) is 10.3. The predicted octanol–water partition coefficient (Wildman–Crippen LogP) is -0.960. The second kappa shape index (κ2) is 3.93. The van der Waals surface area contributed by atoms with Gasteiger partial charge in [-0.05, 0) is 12.0 Å². The maximum absolute atomic E-state index is 10.8. The summed E-state index contributed by atoms with van der Waals surface area (Å²) in [7, 11) is 0. The van der Waals surface area contributed by atoms with Gasteiger partial charge in [-0.15, -0.1) is 0 Å². The van der Waals surface area contributed by atoms with E-state index in [4.69, 9.17) is 16.0 Å². The van der Waals surface area contributed by atoms with Gasteiger partial charge in [0.25, 0.3) is 5.56 Å². The highest BCUT2D eigenvalue weighted by Gasteiger charge is 2.12. The van der Waals surface area contributed by atoms with Crippen LogP contribution in [-0.2, 0) is 11.2 Å². The Hall–Kier alpha value is -1.82. The molecule has 0 saturated carbocycles. The van der Waals surface area contributed by atoms with Crippen molar-refractivity contribution < 1.29 is 15.1 Å². The molecule has 76 valence electrons. The summed E-state index contributed by atoms with van der Waals surface area (Å²) in [4.78, 5) is 21.2. The number of nitrogens with zero attached hydrogens (tertiary/aromatic N) is 1. The van der Waals surface area contributed by atoms with Crippen LogP contribution >= 0.6 is 0 Å². The molecular weight excluding hydrogens is 188 g/mol. The summed E-state index contributed by atoms with van der Waals surface area (Å²) in [5, 5.41) is 17.5. The molecule has 0 spiro atoms. The van der Waals surface area contributed by atoms with Gasteiger partial charge in [0.1, 0.15) is 6.04 Å². The highest BCUT2D eigenvalue weighted by atomic mass is 16.5. The van der Waals surface area contributed by atoms with Gasteiger partial charge in [0.05, 0.1) is 6.20 Å². The third kappa shape index (κ3) is 2.33. The topological polar surface area (TPSA) is 106 Å². The zero-order valence-corrected chi connectivity index (χ0v) is 7.25. The fourth-order valence-corrected chi connectivity index (χ4v) is 0.980. The van der Waals surface area contributed by atoms with Gasteiger partial charge in [0.15, 0.2) is 0 Å². The minimum Gasteiger partial charge on any atom is -0.480 e. The molecule has 1 heterocycles. The second-order valence-corrected chi connectivity index (χ2v) is 2.87. The van der Waals surface area contributed by atoms with Gasteiger partial charge < -0.3 is 16.0 Å². The molecule has 0 radical (unpaired) electrons. The smallest absolute Gasteiger partial charge is 0.320 e. The number of pyridine rings is 1. The van der Waals surface area contributed by atoms with Crippen LogP contribution < -0.4 is 11.3 Å². The molecule has 0 aromatic carbocycles. The van der Waals surface area contributed by atoms with Crippen molar-refractivity contribution in [3.63, 3.8) is 0 Å². The minimum atomic E-state index is -1.12. The number of carbonyl (C=O) groups is 1. The molecule has 1 unspecified atom stereocenters. The Morgan fingerprint density at radius 1 is 1.57 bits per heavy atom. The van der Waals surface area contributed by atoms with Gasteiger partial charge in [0.2, 0.25) is 0 Å². The molecule has 4 N–H and O–H groups in total.